The maximum atomic E-state index is 2.62. The first-order chi connectivity index (χ1) is 6.09. The molecule has 2 heteroatoms. The van der Waals surface area contributed by atoms with E-state index in [0.717, 1.165) is 12.0 Å². The summed E-state index contributed by atoms with van der Waals surface area (Å²) in [4.78, 5) is 4.89. The highest BCUT2D eigenvalue weighted by molar-refractivity contribution is 4.77. The van der Waals surface area contributed by atoms with E-state index in [-0.39, 0.29) is 0 Å². The van der Waals surface area contributed by atoms with Crippen LogP contribution in [0.15, 0.2) is 0 Å². The average molecular weight is 184 g/mol. The molecule has 0 aromatic heterocycles. The fourth-order valence-electron chi connectivity index (χ4n) is 2.12. The summed E-state index contributed by atoms with van der Waals surface area (Å²) >= 11 is 0. The van der Waals surface area contributed by atoms with Crippen LogP contribution < -0.4 is 0 Å². The lowest BCUT2D eigenvalue weighted by Crippen LogP contribution is -2.43. The van der Waals surface area contributed by atoms with Crippen molar-refractivity contribution in [1.82, 2.24) is 9.80 Å². The molecular formula is C11H24N2. The molecule has 2 nitrogen and oxygen atoms in total. The Bertz CT molecular complexity index is 145. The van der Waals surface area contributed by atoms with E-state index in [0.29, 0.717) is 0 Å². The van der Waals surface area contributed by atoms with E-state index >= 15 is 0 Å². The van der Waals surface area contributed by atoms with E-state index in [4.69, 9.17) is 0 Å². The Morgan fingerprint density at radius 1 is 1.31 bits per heavy atom. The van der Waals surface area contributed by atoms with E-state index in [1.54, 1.807) is 0 Å². The van der Waals surface area contributed by atoms with Gasteiger partial charge in [-0.25, -0.2) is 0 Å². The third-order valence-electron chi connectivity index (χ3n) is 3.11. The summed E-state index contributed by atoms with van der Waals surface area (Å²) in [5, 5.41) is 0. The molecule has 0 aromatic carbocycles. The Morgan fingerprint density at radius 3 is 2.54 bits per heavy atom. The number of piperidine rings is 1. The second-order valence-corrected chi connectivity index (χ2v) is 4.82. The minimum atomic E-state index is 0.795. The Morgan fingerprint density at radius 2 is 2.00 bits per heavy atom. The molecule has 0 unspecified atom stereocenters. The van der Waals surface area contributed by atoms with Crippen molar-refractivity contribution in [2.24, 2.45) is 5.92 Å². The molecule has 0 N–H and O–H groups in total. The monoisotopic (exact) mass is 184 g/mol. The van der Waals surface area contributed by atoms with Gasteiger partial charge in [0.1, 0.15) is 0 Å². The van der Waals surface area contributed by atoms with Crippen molar-refractivity contribution in [1.29, 1.82) is 0 Å². The largest absolute Gasteiger partial charge is 0.308 e. The summed E-state index contributed by atoms with van der Waals surface area (Å²) in [6.07, 6.45) is 2.77. The summed E-state index contributed by atoms with van der Waals surface area (Å²) in [5.41, 5.74) is 0. The zero-order chi connectivity index (χ0) is 9.84. The maximum absolute atomic E-state index is 2.62. The molecule has 0 amide bonds. The minimum absolute atomic E-state index is 0.795. The Kier molecular flexibility index (Phi) is 4.20. The van der Waals surface area contributed by atoms with Gasteiger partial charge < -0.3 is 4.90 Å². The maximum Gasteiger partial charge on any atom is 0.0112 e. The quantitative estimate of drug-likeness (QED) is 0.658. The normalized spacial score (nSPS) is 31.2. The first kappa shape index (κ1) is 11.0. The highest BCUT2D eigenvalue weighted by atomic mass is 15.2. The number of nitrogens with zero attached hydrogens (tertiary/aromatic N) is 2. The van der Waals surface area contributed by atoms with E-state index < -0.39 is 0 Å². The fraction of sp³-hybridized carbons (Fsp3) is 1.00. The van der Waals surface area contributed by atoms with Crippen molar-refractivity contribution in [2.45, 2.75) is 32.7 Å². The smallest absolute Gasteiger partial charge is 0.0112 e. The number of rotatable bonds is 3. The molecule has 13 heavy (non-hydrogen) atoms. The molecule has 1 aliphatic rings. The average Bonchev–Trinajstić information content (AvgIpc) is 2.02. The van der Waals surface area contributed by atoms with Gasteiger partial charge in [-0.05, 0) is 46.3 Å². The zero-order valence-corrected chi connectivity index (χ0v) is 9.58. The van der Waals surface area contributed by atoms with E-state index in [1.807, 2.05) is 0 Å². The van der Waals surface area contributed by atoms with Gasteiger partial charge in [0.15, 0.2) is 0 Å². The van der Waals surface area contributed by atoms with E-state index in [1.165, 1.54) is 32.5 Å². The third-order valence-corrected chi connectivity index (χ3v) is 3.11. The lowest BCUT2D eigenvalue weighted by Gasteiger charge is -2.37. The Hall–Kier alpha value is -0.0800. The van der Waals surface area contributed by atoms with Crippen LogP contribution in [0.4, 0.5) is 0 Å². The molecule has 1 fully saturated rings. The molecule has 0 bridgehead atoms. The van der Waals surface area contributed by atoms with Crippen molar-refractivity contribution in [3.05, 3.63) is 0 Å². The van der Waals surface area contributed by atoms with Crippen LogP contribution in [-0.2, 0) is 0 Å². The first-order valence-corrected chi connectivity index (χ1v) is 5.48. The second-order valence-electron chi connectivity index (χ2n) is 4.82. The number of likely N-dealkylation sites (N-methyl/N-ethyl adjacent to an activating group) is 1. The molecule has 1 aliphatic heterocycles. The first-order valence-electron chi connectivity index (χ1n) is 5.48. The topological polar surface area (TPSA) is 6.48 Å². The minimum Gasteiger partial charge on any atom is -0.308 e. The molecule has 1 heterocycles. The number of likely N-dealkylation sites (tertiary alicyclic amines) is 1. The van der Waals surface area contributed by atoms with Crippen LogP contribution in [-0.4, -0.2) is 49.6 Å². The van der Waals surface area contributed by atoms with Crippen molar-refractivity contribution in [3.63, 3.8) is 0 Å². The van der Waals surface area contributed by atoms with Gasteiger partial charge in [0.05, 0.1) is 0 Å². The van der Waals surface area contributed by atoms with Gasteiger partial charge in [0.2, 0.25) is 0 Å². The van der Waals surface area contributed by atoms with Crippen LogP contribution in [0, 0.1) is 5.92 Å². The van der Waals surface area contributed by atoms with Crippen LogP contribution in [0.3, 0.4) is 0 Å². The third kappa shape index (κ3) is 3.65. The predicted molar refractivity (Wildman–Crippen MR) is 58.0 cm³/mol. The summed E-state index contributed by atoms with van der Waals surface area (Å²) in [6.45, 7) is 8.47. The van der Waals surface area contributed by atoms with Crippen LogP contribution in [0.1, 0.15) is 26.7 Å². The second kappa shape index (κ2) is 4.97. The molecule has 0 spiro atoms. The fourth-order valence-corrected chi connectivity index (χ4v) is 2.12. The lowest BCUT2D eigenvalue weighted by molar-refractivity contribution is 0.120. The van der Waals surface area contributed by atoms with Crippen molar-refractivity contribution >= 4 is 0 Å². The highest BCUT2D eigenvalue weighted by Crippen LogP contribution is 2.21. The molecule has 0 saturated carbocycles. The van der Waals surface area contributed by atoms with Crippen molar-refractivity contribution in [3.8, 4) is 0 Å². The van der Waals surface area contributed by atoms with E-state index in [2.05, 4.69) is 37.7 Å². The molecule has 1 saturated heterocycles. The molecule has 1 rings (SSSR count). The number of hydrogen-bond acceptors (Lipinski definition) is 2. The van der Waals surface area contributed by atoms with Gasteiger partial charge in [-0.1, -0.05) is 6.92 Å². The molecule has 0 aromatic rings. The van der Waals surface area contributed by atoms with Crippen LogP contribution >= 0.6 is 0 Å². The van der Waals surface area contributed by atoms with Crippen LogP contribution in [0.5, 0.6) is 0 Å². The van der Waals surface area contributed by atoms with Gasteiger partial charge in [-0.15, -0.1) is 0 Å². The van der Waals surface area contributed by atoms with Gasteiger partial charge in [0.25, 0.3) is 0 Å². The molecule has 78 valence electrons. The van der Waals surface area contributed by atoms with Gasteiger partial charge in [0, 0.05) is 19.1 Å². The van der Waals surface area contributed by atoms with Gasteiger partial charge in [-0.2, -0.15) is 0 Å². The van der Waals surface area contributed by atoms with Gasteiger partial charge >= 0.3 is 0 Å². The Balaban J connectivity index is 2.25. The summed E-state index contributed by atoms with van der Waals surface area (Å²) < 4.78 is 0. The molecular weight excluding hydrogens is 160 g/mol. The van der Waals surface area contributed by atoms with Crippen molar-refractivity contribution in [2.75, 3.05) is 33.7 Å². The highest BCUT2D eigenvalue weighted by Gasteiger charge is 2.21. The standard InChI is InChI=1S/C11H24N2/c1-10-5-6-13(11(2)9-10)8-7-12(3)4/h10-11H,5-9H2,1-4H3/t10-,11-/m0/s1. The van der Waals surface area contributed by atoms with Crippen LogP contribution in [0.25, 0.3) is 0 Å². The molecule has 0 aliphatic carbocycles. The van der Waals surface area contributed by atoms with E-state index in [9.17, 15) is 0 Å². The zero-order valence-electron chi connectivity index (χ0n) is 9.58. The summed E-state index contributed by atoms with van der Waals surface area (Å²) in [6, 6.07) is 0.795. The summed E-state index contributed by atoms with van der Waals surface area (Å²) in [7, 11) is 4.30. The summed E-state index contributed by atoms with van der Waals surface area (Å²) in [5.74, 6) is 0.936. The predicted octanol–water partition coefficient (Wildman–Crippen LogP) is 1.67. The van der Waals surface area contributed by atoms with Crippen molar-refractivity contribution < 1.29 is 0 Å². The molecule has 2 atom stereocenters. The van der Waals surface area contributed by atoms with Crippen LogP contribution in [0.2, 0.25) is 0 Å². The molecule has 0 radical (unpaired) electrons. The Labute approximate surface area is 82.9 Å². The lowest BCUT2D eigenvalue weighted by atomic mass is 9.93. The number of hydrogen-bond donors (Lipinski definition) is 0. The SMILES string of the molecule is C[C@H]1CCN(CCN(C)C)[C@@H](C)C1. The van der Waals surface area contributed by atoms with Gasteiger partial charge in [-0.3, -0.25) is 4.90 Å².